The van der Waals surface area contributed by atoms with E-state index in [4.69, 9.17) is 21.1 Å². The van der Waals surface area contributed by atoms with Gasteiger partial charge >= 0.3 is 0 Å². The van der Waals surface area contributed by atoms with Crippen LogP contribution in [-0.2, 0) is 0 Å². The molecule has 0 saturated heterocycles. The molecule has 2 aromatic carbocycles. The van der Waals surface area contributed by atoms with E-state index in [0.29, 0.717) is 27.6 Å². The minimum Gasteiger partial charge on any atom is -0.493 e. The summed E-state index contributed by atoms with van der Waals surface area (Å²) in [5.74, 6) is 1.13. The van der Waals surface area contributed by atoms with Crippen molar-refractivity contribution in [2.45, 2.75) is 0 Å². The fourth-order valence-corrected chi connectivity index (χ4v) is 3.07. The zero-order valence-electron chi connectivity index (χ0n) is 14.6. The molecule has 27 heavy (non-hydrogen) atoms. The summed E-state index contributed by atoms with van der Waals surface area (Å²) in [5, 5.41) is 5.56. The smallest absolute Gasteiger partial charge is 0.298 e. The molecule has 0 bridgehead atoms. The van der Waals surface area contributed by atoms with Crippen molar-refractivity contribution in [1.29, 1.82) is 0 Å². The van der Waals surface area contributed by atoms with Crippen molar-refractivity contribution in [3.63, 3.8) is 0 Å². The maximum absolute atomic E-state index is 12.8. The van der Waals surface area contributed by atoms with Crippen LogP contribution >= 0.6 is 11.6 Å². The highest BCUT2D eigenvalue weighted by atomic mass is 35.5. The van der Waals surface area contributed by atoms with Gasteiger partial charge in [0.15, 0.2) is 11.5 Å². The Balaban J connectivity index is 1.84. The summed E-state index contributed by atoms with van der Waals surface area (Å²) < 4.78 is 11.8. The maximum Gasteiger partial charge on any atom is 0.298 e. The van der Waals surface area contributed by atoms with Gasteiger partial charge in [0.2, 0.25) is 0 Å². The second-order valence-electron chi connectivity index (χ2n) is 5.80. The summed E-state index contributed by atoms with van der Waals surface area (Å²) in [6.07, 6.45) is 2.94. The van der Waals surface area contributed by atoms with Gasteiger partial charge in [0, 0.05) is 16.5 Å². The number of H-pyrrole nitrogens is 1. The van der Waals surface area contributed by atoms with E-state index in [1.54, 1.807) is 44.7 Å². The molecule has 0 aliphatic carbocycles. The highest BCUT2D eigenvalue weighted by Crippen LogP contribution is 2.34. The van der Waals surface area contributed by atoms with Crippen LogP contribution in [0.5, 0.6) is 11.5 Å². The van der Waals surface area contributed by atoms with Gasteiger partial charge in [0.05, 0.1) is 26.0 Å². The first-order valence-corrected chi connectivity index (χ1v) is 8.43. The Labute approximate surface area is 158 Å². The Morgan fingerprint density at radius 2 is 1.96 bits per heavy atom. The quantitative estimate of drug-likeness (QED) is 0.548. The molecule has 1 N–H and O–H groups in total. The van der Waals surface area contributed by atoms with E-state index in [1.165, 1.54) is 11.0 Å². The molecule has 0 radical (unpaired) electrons. The molecular weight excluding hydrogens is 368 g/mol. The van der Waals surface area contributed by atoms with Crippen LogP contribution in [0.15, 0.2) is 52.6 Å². The first-order chi connectivity index (χ1) is 13.1. The Bertz CT molecular complexity index is 1240. The second kappa shape index (κ2) is 6.77. The van der Waals surface area contributed by atoms with Gasteiger partial charge < -0.3 is 14.5 Å². The number of aromatic amines is 1. The van der Waals surface area contributed by atoms with Crippen LogP contribution < -0.4 is 15.0 Å². The fraction of sp³-hybridized carbons (Fsp3) is 0.105. The lowest BCUT2D eigenvalue weighted by atomic mass is 10.2. The van der Waals surface area contributed by atoms with E-state index in [2.05, 4.69) is 15.1 Å². The minimum absolute atomic E-state index is 0.313. The summed E-state index contributed by atoms with van der Waals surface area (Å²) in [6, 6.07) is 10.7. The predicted octanol–water partition coefficient (Wildman–Crippen LogP) is 3.43. The topological polar surface area (TPSA) is 81.5 Å². The molecule has 0 aliphatic heterocycles. The third-order valence-corrected chi connectivity index (χ3v) is 4.41. The summed E-state index contributed by atoms with van der Waals surface area (Å²) >= 11 is 5.96. The van der Waals surface area contributed by atoms with E-state index in [-0.39, 0.29) is 5.56 Å². The van der Waals surface area contributed by atoms with E-state index in [9.17, 15) is 4.79 Å². The van der Waals surface area contributed by atoms with Gasteiger partial charge in [-0.05, 0) is 23.8 Å². The van der Waals surface area contributed by atoms with Crippen LogP contribution in [0.2, 0.25) is 5.02 Å². The molecule has 0 aliphatic rings. The Hall–Kier alpha value is -3.32. The molecule has 4 aromatic rings. The highest BCUT2D eigenvalue weighted by molar-refractivity contribution is 6.30. The summed E-state index contributed by atoms with van der Waals surface area (Å²) in [6.45, 7) is 0. The summed E-state index contributed by atoms with van der Waals surface area (Å²) in [5.41, 5.74) is 2.09. The van der Waals surface area contributed by atoms with Gasteiger partial charge in [-0.2, -0.15) is 9.78 Å². The number of methoxy groups -OCH3 is 2. The zero-order valence-corrected chi connectivity index (χ0v) is 15.3. The molecule has 0 unspecified atom stereocenters. The Kier molecular flexibility index (Phi) is 4.29. The molecule has 136 valence electrons. The number of hydrogen-bond donors (Lipinski definition) is 1. The van der Waals surface area contributed by atoms with E-state index in [1.807, 2.05) is 12.1 Å². The van der Waals surface area contributed by atoms with E-state index in [0.717, 1.165) is 16.5 Å². The van der Waals surface area contributed by atoms with Crippen molar-refractivity contribution in [2.24, 2.45) is 5.10 Å². The van der Waals surface area contributed by atoms with Crippen LogP contribution in [0, 0.1) is 0 Å². The largest absolute Gasteiger partial charge is 0.493 e. The number of benzene rings is 2. The average molecular weight is 383 g/mol. The van der Waals surface area contributed by atoms with Crippen molar-refractivity contribution < 1.29 is 9.47 Å². The molecule has 2 heterocycles. The molecule has 0 saturated carbocycles. The first-order valence-electron chi connectivity index (χ1n) is 8.05. The maximum atomic E-state index is 12.8. The molecule has 2 aromatic heterocycles. The lowest BCUT2D eigenvalue weighted by Crippen LogP contribution is -2.17. The number of ether oxygens (including phenoxy) is 2. The predicted molar refractivity (Wildman–Crippen MR) is 105 cm³/mol. The minimum atomic E-state index is -0.313. The van der Waals surface area contributed by atoms with E-state index >= 15 is 0 Å². The van der Waals surface area contributed by atoms with Gasteiger partial charge in [-0.15, -0.1) is 0 Å². The average Bonchev–Trinajstić information content (AvgIpc) is 3.04. The monoisotopic (exact) mass is 382 g/mol. The van der Waals surface area contributed by atoms with Gasteiger partial charge in [-0.1, -0.05) is 23.7 Å². The van der Waals surface area contributed by atoms with Gasteiger partial charge in [-0.3, -0.25) is 4.79 Å². The molecule has 4 rings (SSSR count). The number of nitrogens with one attached hydrogen (secondary N) is 1. The highest BCUT2D eigenvalue weighted by Gasteiger charge is 2.14. The molecule has 0 fully saturated rings. The Morgan fingerprint density at radius 3 is 2.70 bits per heavy atom. The number of halogens is 1. The van der Waals surface area contributed by atoms with Gasteiger partial charge in [-0.25, -0.2) is 4.98 Å². The molecule has 0 spiro atoms. The molecular formula is C19H15ClN4O3. The lowest BCUT2D eigenvalue weighted by molar-refractivity contribution is 0.356. The summed E-state index contributed by atoms with van der Waals surface area (Å²) in [4.78, 5) is 20.3. The number of rotatable bonds is 4. The molecule has 0 atom stereocenters. The number of hydrogen-bond acceptors (Lipinski definition) is 5. The van der Waals surface area contributed by atoms with Crippen molar-refractivity contribution in [1.82, 2.24) is 14.6 Å². The van der Waals surface area contributed by atoms with Gasteiger partial charge in [0.1, 0.15) is 17.4 Å². The number of aromatic nitrogens is 3. The third kappa shape index (κ3) is 3.02. The SMILES string of the molecule is COc1cc2[nH]c3c(=O)n(N=Cc4cccc(Cl)c4)cnc3c2cc1OC. The normalized spacial score (nSPS) is 11.5. The van der Waals surface area contributed by atoms with Crippen molar-refractivity contribution in [2.75, 3.05) is 14.2 Å². The summed E-state index contributed by atoms with van der Waals surface area (Å²) in [7, 11) is 3.12. The first kappa shape index (κ1) is 17.1. The Morgan fingerprint density at radius 1 is 1.19 bits per heavy atom. The molecule has 7 nitrogen and oxygen atoms in total. The molecule has 0 amide bonds. The fourth-order valence-electron chi connectivity index (χ4n) is 2.87. The third-order valence-electron chi connectivity index (χ3n) is 4.17. The second-order valence-corrected chi connectivity index (χ2v) is 6.23. The van der Waals surface area contributed by atoms with Crippen LogP contribution in [0.1, 0.15) is 5.56 Å². The van der Waals surface area contributed by atoms with Crippen molar-refractivity contribution in [3.05, 3.63) is 63.7 Å². The lowest BCUT2D eigenvalue weighted by Gasteiger charge is -2.06. The van der Waals surface area contributed by atoms with Crippen LogP contribution in [0.25, 0.3) is 21.9 Å². The number of fused-ring (bicyclic) bond motifs is 3. The van der Waals surface area contributed by atoms with Gasteiger partial charge in [0.25, 0.3) is 5.56 Å². The standard InChI is InChI=1S/C19H15ClN4O3/c1-26-15-7-13-14(8-16(15)27-2)23-18-17(13)21-10-24(19(18)25)22-9-11-4-3-5-12(20)6-11/h3-10,23H,1-2H3. The van der Waals surface area contributed by atoms with E-state index < -0.39 is 0 Å². The van der Waals surface area contributed by atoms with Crippen molar-refractivity contribution >= 4 is 39.8 Å². The molecule has 8 heteroatoms. The zero-order chi connectivity index (χ0) is 19.0. The van der Waals surface area contributed by atoms with Crippen LogP contribution in [-0.4, -0.2) is 35.1 Å². The van der Waals surface area contributed by atoms with Crippen LogP contribution in [0.4, 0.5) is 0 Å². The number of nitrogens with zero attached hydrogens (tertiary/aromatic N) is 3. The van der Waals surface area contributed by atoms with Crippen LogP contribution in [0.3, 0.4) is 0 Å². The van der Waals surface area contributed by atoms with Crippen molar-refractivity contribution in [3.8, 4) is 11.5 Å².